The van der Waals surface area contributed by atoms with Crippen LogP contribution in [0.4, 0.5) is 57.0 Å². The van der Waals surface area contributed by atoms with Crippen LogP contribution in [0.1, 0.15) is 54.4 Å². The summed E-state index contributed by atoms with van der Waals surface area (Å²) in [5.41, 5.74) is -5.56. The lowest BCUT2D eigenvalue weighted by Gasteiger charge is -2.27. The summed E-state index contributed by atoms with van der Waals surface area (Å²) in [6, 6.07) is 21.2. The molecule has 0 saturated heterocycles. The van der Waals surface area contributed by atoms with Crippen LogP contribution in [0.3, 0.4) is 0 Å². The Morgan fingerprint density at radius 2 is 1.12 bits per heavy atom. The number of amides is 2. The van der Waals surface area contributed by atoms with E-state index < -0.39 is 80.9 Å². The molecule has 324 valence electrons. The zero-order chi connectivity index (χ0) is 47.1. The second kappa shape index (κ2) is 17.0. The third-order valence-corrected chi connectivity index (χ3v) is 10.0. The summed E-state index contributed by atoms with van der Waals surface area (Å²) in [7, 11) is 0. The lowest BCUT2D eigenvalue weighted by molar-refractivity contribution is -0.138. The van der Waals surface area contributed by atoms with Crippen LogP contribution in [-0.2, 0) is 12.4 Å². The third kappa shape index (κ3) is 8.68. The maximum Gasteiger partial charge on any atom is 0.418 e. The molecule has 0 atom stereocenters. The van der Waals surface area contributed by atoms with Crippen molar-refractivity contribution in [2.75, 3.05) is 10.2 Å². The Labute approximate surface area is 365 Å². The number of ketones is 2. The Morgan fingerprint density at radius 1 is 0.576 bits per heavy atom. The summed E-state index contributed by atoms with van der Waals surface area (Å²) in [5, 5.41) is 20.5. The largest absolute Gasteiger partial charge is 0.418 e. The molecule has 0 radical (unpaired) electrons. The fraction of sp³-hybridized carbons (Fsp3) is 0.0426. The van der Waals surface area contributed by atoms with Gasteiger partial charge in [-0.1, -0.05) is 18.2 Å². The number of fused-ring (bicyclic) bond motifs is 2. The zero-order valence-corrected chi connectivity index (χ0v) is 33.0. The summed E-state index contributed by atoms with van der Waals surface area (Å²) in [4.78, 5) is 57.6. The highest BCUT2D eigenvalue weighted by Gasteiger charge is 2.38. The molecule has 0 bridgehead atoms. The maximum atomic E-state index is 16.1. The number of urea groups is 1. The number of carbonyl (C=O) groups excluding carboxylic acids is 3. The SMILES string of the molecule is N#Cc1cnc2ccc(C(=O)c3ccc(-c4ccc(N(C(=O)Nc5cccc(C(F)(F)F)c5)c5ccc(C(=O)c6ccc7ncc(C#N)nc7c6)c(F)c5)c(C(F)(F)F)c4)cc3F)cc2n1. The van der Waals surface area contributed by atoms with Crippen molar-refractivity contribution in [3.8, 4) is 23.3 Å². The number of benzene rings is 6. The van der Waals surface area contributed by atoms with Crippen molar-refractivity contribution in [1.82, 2.24) is 19.9 Å². The van der Waals surface area contributed by atoms with Crippen molar-refractivity contribution in [1.29, 1.82) is 10.5 Å². The molecule has 8 aromatic rings. The number of hydrogen-bond donors (Lipinski definition) is 1. The zero-order valence-electron chi connectivity index (χ0n) is 33.0. The van der Waals surface area contributed by atoms with Crippen LogP contribution in [-0.4, -0.2) is 37.5 Å². The van der Waals surface area contributed by atoms with Gasteiger partial charge in [-0.05, 0) is 108 Å². The Bertz CT molecular complexity index is 3420. The molecule has 2 aromatic heterocycles. The van der Waals surface area contributed by atoms with E-state index >= 15 is 22.0 Å². The first-order valence-corrected chi connectivity index (χ1v) is 18.9. The molecule has 0 fully saturated rings. The minimum absolute atomic E-state index is 0.0294. The molecule has 0 aliphatic carbocycles. The molecule has 19 heteroatoms. The Kier molecular flexibility index (Phi) is 11.2. The second-order valence-corrected chi connectivity index (χ2v) is 14.2. The van der Waals surface area contributed by atoms with E-state index in [2.05, 4.69) is 25.3 Å². The number of halogens is 8. The van der Waals surface area contributed by atoms with Gasteiger partial charge in [0.1, 0.15) is 23.8 Å². The third-order valence-electron chi connectivity index (χ3n) is 10.0. The highest BCUT2D eigenvalue weighted by Crippen LogP contribution is 2.43. The van der Waals surface area contributed by atoms with Gasteiger partial charge in [-0.15, -0.1) is 0 Å². The minimum atomic E-state index is -5.29. The van der Waals surface area contributed by atoms with Gasteiger partial charge in [-0.3, -0.25) is 24.5 Å². The van der Waals surface area contributed by atoms with Gasteiger partial charge in [0, 0.05) is 16.8 Å². The first-order chi connectivity index (χ1) is 31.4. The average molecular weight is 899 g/mol. The van der Waals surface area contributed by atoms with Crippen LogP contribution >= 0.6 is 0 Å². The lowest BCUT2D eigenvalue weighted by atomic mass is 9.96. The summed E-state index contributed by atoms with van der Waals surface area (Å²) in [5.74, 6) is -4.18. The highest BCUT2D eigenvalue weighted by molar-refractivity contribution is 6.12. The molecule has 1 N–H and O–H groups in total. The summed E-state index contributed by atoms with van der Waals surface area (Å²) in [6.07, 6.45) is -7.74. The predicted molar refractivity (Wildman–Crippen MR) is 221 cm³/mol. The maximum absolute atomic E-state index is 16.1. The van der Waals surface area contributed by atoms with Crippen LogP contribution in [0.5, 0.6) is 0 Å². The number of hydrogen-bond acceptors (Lipinski definition) is 9. The lowest BCUT2D eigenvalue weighted by Crippen LogP contribution is -2.32. The Morgan fingerprint density at radius 3 is 1.65 bits per heavy atom. The van der Waals surface area contributed by atoms with Gasteiger partial charge in [0.25, 0.3) is 0 Å². The fourth-order valence-corrected chi connectivity index (χ4v) is 6.89. The summed E-state index contributed by atoms with van der Waals surface area (Å²) in [6.45, 7) is 0. The molecule has 0 saturated carbocycles. The van der Waals surface area contributed by atoms with E-state index in [0.29, 0.717) is 40.2 Å². The van der Waals surface area contributed by atoms with Gasteiger partial charge in [-0.2, -0.15) is 36.9 Å². The number of rotatable bonds is 8. The van der Waals surface area contributed by atoms with Gasteiger partial charge >= 0.3 is 18.4 Å². The standard InChI is InChI=1S/C47H22F8N8O3/c48-36-15-25(4-9-33(36)43(64)26-5-11-38-40(16-26)60-30(20-56)22-58-38)24-7-13-42(35(14-24)47(53,54)55)63(45(66)62-29-3-1-2-28(18-29)46(50,51)52)32-8-10-34(37(49)19-32)44(65)27-6-12-39-41(17-27)61-31(21-57)23-59-39/h1-19,22-23H,(H,62,66). The van der Waals surface area contributed by atoms with Crippen LogP contribution in [0.25, 0.3) is 33.2 Å². The van der Waals surface area contributed by atoms with Crippen molar-refractivity contribution in [2.45, 2.75) is 12.4 Å². The number of nitriles is 2. The summed E-state index contributed by atoms with van der Waals surface area (Å²) < 4.78 is 118. The quantitative estimate of drug-likeness (QED) is 0.115. The normalized spacial score (nSPS) is 11.5. The molecule has 2 amide bonds. The number of aromatic nitrogens is 4. The van der Waals surface area contributed by atoms with E-state index in [1.807, 2.05) is 6.07 Å². The Hall–Kier alpha value is -8.97. The number of anilines is 3. The van der Waals surface area contributed by atoms with E-state index in [1.54, 1.807) is 6.07 Å². The number of nitrogens with zero attached hydrogens (tertiary/aromatic N) is 7. The predicted octanol–water partition coefficient (Wildman–Crippen LogP) is 11.1. The molecule has 11 nitrogen and oxygen atoms in total. The highest BCUT2D eigenvalue weighted by atomic mass is 19.4. The van der Waals surface area contributed by atoms with Crippen LogP contribution in [0.2, 0.25) is 0 Å². The average Bonchev–Trinajstić information content (AvgIpc) is 3.30. The molecule has 0 aliphatic rings. The molecule has 0 unspecified atom stereocenters. The number of alkyl halides is 6. The smallest absolute Gasteiger partial charge is 0.307 e. The molecule has 2 heterocycles. The monoisotopic (exact) mass is 898 g/mol. The minimum Gasteiger partial charge on any atom is -0.307 e. The number of carbonyl (C=O) groups is 3. The molecule has 8 rings (SSSR count). The van der Waals surface area contributed by atoms with Crippen LogP contribution in [0.15, 0.2) is 128 Å². The van der Waals surface area contributed by atoms with Crippen LogP contribution in [0, 0.1) is 34.3 Å². The van der Waals surface area contributed by atoms with Crippen molar-refractivity contribution >= 4 is 56.7 Å². The fourth-order valence-electron chi connectivity index (χ4n) is 6.89. The molecule has 66 heavy (non-hydrogen) atoms. The molecular weight excluding hydrogens is 877 g/mol. The van der Waals surface area contributed by atoms with Gasteiger partial charge in [0.15, 0.2) is 23.0 Å². The van der Waals surface area contributed by atoms with E-state index in [1.165, 1.54) is 54.9 Å². The van der Waals surface area contributed by atoms with Crippen molar-refractivity contribution in [2.24, 2.45) is 0 Å². The van der Waals surface area contributed by atoms with Crippen molar-refractivity contribution in [3.63, 3.8) is 0 Å². The molecule has 0 spiro atoms. The second-order valence-electron chi connectivity index (χ2n) is 14.2. The molecule has 0 aliphatic heterocycles. The van der Waals surface area contributed by atoms with E-state index in [0.717, 1.165) is 48.5 Å². The van der Waals surface area contributed by atoms with Gasteiger partial charge in [-0.25, -0.2) is 23.5 Å². The van der Waals surface area contributed by atoms with E-state index in [-0.39, 0.29) is 44.7 Å². The van der Waals surface area contributed by atoms with E-state index in [9.17, 15) is 32.8 Å². The van der Waals surface area contributed by atoms with Gasteiger partial charge < -0.3 is 5.32 Å². The van der Waals surface area contributed by atoms with Crippen molar-refractivity contribution < 1.29 is 49.5 Å². The first-order valence-electron chi connectivity index (χ1n) is 18.9. The summed E-state index contributed by atoms with van der Waals surface area (Å²) >= 11 is 0. The first kappa shape index (κ1) is 43.7. The molecular formula is C47H22F8N8O3. The van der Waals surface area contributed by atoms with Crippen LogP contribution < -0.4 is 10.2 Å². The van der Waals surface area contributed by atoms with Crippen molar-refractivity contribution in [3.05, 3.63) is 184 Å². The topological polar surface area (TPSA) is 166 Å². The number of nitrogens with one attached hydrogen (secondary N) is 1. The molecule has 6 aromatic carbocycles. The van der Waals surface area contributed by atoms with Gasteiger partial charge in [0.2, 0.25) is 0 Å². The Balaban J connectivity index is 1.18. The van der Waals surface area contributed by atoms with Gasteiger partial charge in [0.05, 0.1) is 68.1 Å². The van der Waals surface area contributed by atoms with E-state index in [4.69, 9.17) is 5.26 Å².